The Morgan fingerprint density at radius 2 is 1.69 bits per heavy atom. The zero-order valence-electron chi connectivity index (χ0n) is 21.1. The van der Waals surface area contributed by atoms with Gasteiger partial charge in [0.1, 0.15) is 0 Å². The van der Waals surface area contributed by atoms with Crippen molar-refractivity contribution in [2.24, 2.45) is 4.99 Å². The molecular weight excluding hydrogens is 445 g/mol. The van der Waals surface area contributed by atoms with Crippen LogP contribution in [0.25, 0.3) is 5.57 Å². The van der Waals surface area contributed by atoms with Gasteiger partial charge in [0.05, 0.1) is 11.3 Å². The summed E-state index contributed by atoms with van der Waals surface area (Å²) >= 11 is 0. The van der Waals surface area contributed by atoms with Crippen LogP contribution >= 0.6 is 0 Å². The summed E-state index contributed by atoms with van der Waals surface area (Å²) in [5.41, 5.74) is 5.48. The number of alkyl halides is 3. The van der Waals surface area contributed by atoms with Gasteiger partial charge in [0, 0.05) is 18.8 Å². The van der Waals surface area contributed by atoms with E-state index in [1.807, 2.05) is 50.3 Å². The van der Waals surface area contributed by atoms with E-state index >= 15 is 0 Å². The summed E-state index contributed by atoms with van der Waals surface area (Å²) in [6.45, 7) is 9.83. The number of aryl methyl sites for hydroxylation is 1. The molecule has 0 unspecified atom stereocenters. The van der Waals surface area contributed by atoms with Crippen molar-refractivity contribution in [3.05, 3.63) is 94.1 Å². The molecule has 0 aliphatic heterocycles. The van der Waals surface area contributed by atoms with Crippen molar-refractivity contribution in [1.29, 1.82) is 0 Å². The maximum atomic E-state index is 14.0. The average Bonchev–Trinajstić information content (AvgIpc) is 2.82. The Balaban J connectivity index is 2.16. The van der Waals surface area contributed by atoms with Gasteiger partial charge in [-0.3, -0.25) is 4.99 Å². The molecule has 0 heterocycles. The standard InChI is InChI=1S/C30H35F3N2/c1-5-7-17-34-27-15-13-23(19-21(27)3)29(25-11-9-10-12-26(25)30(31,32)33)24-14-16-28(22(4)20-24)35-18-8-6-2/h9-16,19-20,34H,5-8,17-18H2,1-4H3. The number of rotatable bonds is 9. The van der Waals surface area contributed by atoms with Gasteiger partial charge in [0.2, 0.25) is 0 Å². The smallest absolute Gasteiger partial charge is 0.385 e. The number of nitrogens with zero attached hydrogens (tertiary/aromatic N) is 1. The van der Waals surface area contributed by atoms with Crippen LogP contribution in [0.5, 0.6) is 0 Å². The van der Waals surface area contributed by atoms with Crippen LogP contribution in [0.4, 0.5) is 18.9 Å². The molecule has 1 aliphatic carbocycles. The lowest BCUT2D eigenvalue weighted by Gasteiger charge is -2.21. The number of allylic oxidation sites excluding steroid dienone is 5. The van der Waals surface area contributed by atoms with E-state index in [1.54, 1.807) is 12.1 Å². The molecule has 0 fully saturated rings. The van der Waals surface area contributed by atoms with Crippen LogP contribution in [0.15, 0.2) is 76.8 Å². The van der Waals surface area contributed by atoms with Crippen molar-refractivity contribution in [3.63, 3.8) is 0 Å². The largest absolute Gasteiger partial charge is 0.417 e. The number of unbranched alkanes of at least 4 members (excludes halogenated alkanes) is 2. The third-order valence-electron chi connectivity index (χ3n) is 6.14. The van der Waals surface area contributed by atoms with E-state index in [4.69, 9.17) is 0 Å². The van der Waals surface area contributed by atoms with Crippen LogP contribution in [-0.4, -0.2) is 18.8 Å². The first-order valence-electron chi connectivity index (χ1n) is 12.4. The zero-order chi connectivity index (χ0) is 25.4. The predicted octanol–water partition coefficient (Wildman–Crippen LogP) is 8.78. The second-order valence-electron chi connectivity index (χ2n) is 8.96. The molecule has 0 radical (unpaired) electrons. The van der Waals surface area contributed by atoms with Gasteiger partial charge in [-0.05, 0) is 90.4 Å². The molecule has 5 heteroatoms. The van der Waals surface area contributed by atoms with Crippen LogP contribution in [0.1, 0.15) is 68.7 Å². The summed E-state index contributed by atoms with van der Waals surface area (Å²) in [7, 11) is 0. The highest BCUT2D eigenvalue weighted by atomic mass is 19.4. The predicted molar refractivity (Wildman–Crippen MR) is 142 cm³/mol. The molecule has 0 amide bonds. The zero-order valence-corrected chi connectivity index (χ0v) is 21.1. The van der Waals surface area contributed by atoms with Crippen LogP contribution in [0.2, 0.25) is 0 Å². The molecule has 3 rings (SSSR count). The molecular formula is C30H35F3N2. The topological polar surface area (TPSA) is 24.4 Å². The minimum Gasteiger partial charge on any atom is -0.385 e. The molecule has 0 spiro atoms. The van der Waals surface area contributed by atoms with Crippen molar-refractivity contribution in [2.75, 3.05) is 18.4 Å². The summed E-state index contributed by atoms with van der Waals surface area (Å²) in [6, 6.07) is 11.7. The Morgan fingerprint density at radius 3 is 2.34 bits per heavy atom. The third kappa shape index (κ3) is 6.74. The number of halogens is 3. The lowest BCUT2D eigenvalue weighted by atomic mass is 9.86. The van der Waals surface area contributed by atoms with E-state index in [0.29, 0.717) is 5.57 Å². The number of hydrogen-bond donors (Lipinski definition) is 1. The first kappa shape index (κ1) is 26.5. The fourth-order valence-electron chi connectivity index (χ4n) is 4.19. The van der Waals surface area contributed by atoms with Crippen molar-refractivity contribution >= 4 is 17.0 Å². The molecule has 1 aliphatic rings. The van der Waals surface area contributed by atoms with Crippen LogP contribution < -0.4 is 5.32 Å². The molecule has 0 bridgehead atoms. The second-order valence-corrected chi connectivity index (χ2v) is 8.96. The maximum absolute atomic E-state index is 14.0. The normalized spacial score (nSPS) is 16.4. The van der Waals surface area contributed by atoms with Gasteiger partial charge < -0.3 is 5.32 Å². The van der Waals surface area contributed by atoms with Gasteiger partial charge in [-0.25, -0.2) is 0 Å². The first-order chi connectivity index (χ1) is 16.8. The summed E-state index contributed by atoms with van der Waals surface area (Å²) in [5, 5.41) is 3.43. The molecule has 0 saturated carbocycles. The van der Waals surface area contributed by atoms with E-state index in [-0.39, 0.29) is 5.56 Å². The van der Waals surface area contributed by atoms with E-state index in [0.717, 1.165) is 78.5 Å². The van der Waals surface area contributed by atoms with Gasteiger partial charge >= 0.3 is 6.18 Å². The van der Waals surface area contributed by atoms with Crippen LogP contribution in [0.3, 0.4) is 0 Å². The third-order valence-corrected chi connectivity index (χ3v) is 6.14. The highest BCUT2D eigenvalue weighted by Gasteiger charge is 2.34. The molecule has 0 atom stereocenters. The summed E-state index contributed by atoms with van der Waals surface area (Å²) in [4.78, 5) is 4.66. The number of aliphatic imine (C=N–C) groups is 1. The van der Waals surface area contributed by atoms with Crippen molar-refractivity contribution in [3.8, 4) is 0 Å². The number of anilines is 1. The number of benzene rings is 2. The van der Waals surface area contributed by atoms with Crippen molar-refractivity contribution in [1.82, 2.24) is 0 Å². The first-order valence-corrected chi connectivity index (χ1v) is 12.4. The molecule has 0 saturated heterocycles. The Morgan fingerprint density at radius 1 is 0.943 bits per heavy atom. The fourth-order valence-corrected chi connectivity index (χ4v) is 4.19. The van der Waals surface area contributed by atoms with Crippen LogP contribution in [-0.2, 0) is 6.18 Å². The average molecular weight is 481 g/mol. The Kier molecular flexibility index (Phi) is 9.13. The molecule has 2 aromatic rings. The van der Waals surface area contributed by atoms with Crippen LogP contribution in [0, 0.1) is 6.92 Å². The van der Waals surface area contributed by atoms with E-state index in [9.17, 15) is 13.2 Å². The maximum Gasteiger partial charge on any atom is 0.417 e. The highest BCUT2D eigenvalue weighted by Crippen LogP contribution is 2.40. The summed E-state index contributed by atoms with van der Waals surface area (Å²) < 4.78 is 42.1. The Labute approximate surface area is 207 Å². The molecule has 35 heavy (non-hydrogen) atoms. The number of nitrogens with one attached hydrogen (secondary N) is 1. The lowest BCUT2D eigenvalue weighted by molar-refractivity contribution is -0.137. The van der Waals surface area contributed by atoms with Gasteiger partial charge in [-0.15, -0.1) is 0 Å². The fraction of sp³-hybridized carbons (Fsp3) is 0.367. The second kappa shape index (κ2) is 12.1. The quantitative estimate of drug-likeness (QED) is 0.356. The van der Waals surface area contributed by atoms with Gasteiger partial charge in [-0.2, -0.15) is 13.2 Å². The lowest BCUT2D eigenvalue weighted by Crippen LogP contribution is -2.11. The van der Waals surface area contributed by atoms with Gasteiger partial charge in [0.25, 0.3) is 0 Å². The summed E-state index contributed by atoms with van der Waals surface area (Å²) in [6.07, 6.45) is 5.54. The minimum absolute atomic E-state index is 0.182. The Bertz CT molecular complexity index is 1150. The SMILES string of the molecule is CCCCN=C1C=CC(=C(c2ccc(NCCCC)c(C)c2)c2ccccc2C(F)(F)F)C=C1C. The van der Waals surface area contributed by atoms with E-state index in [1.165, 1.54) is 6.07 Å². The molecule has 1 N–H and O–H groups in total. The molecule has 2 nitrogen and oxygen atoms in total. The van der Waals surface area contributed by atoms with E-state index in [2.05, 4.69) is 24.2 Å². The monoisotopic (exact) mass is 480 g/mol. The highest BCUT2D eigenvalue weighted by molar-refractivity contribution is 6.11. The van der Waals surface area contributed by atoms with Crippen molar-refractivity contribution in [2.45, 2.75) is 59.6 Å². The van der Waals surface area contributed by atoms with Gasteiger partial charge in [-0.1, -0.05) is 57.0 Å². The van der Waals surface area contributed by atoms with E-state index < -0.39 is 11.7 Å². The molecule has 2 aromatic carbocycles. The Hall–Kier alpha value is -3.08. The number of hydrogen-bond acceptors (Lipinski definition) is 2. The van der Waals surface area contributed by atoms with Gasteiger partial charge in [0.15, 0.2) is 0 Å². The molecule has 186 valence electrons. The summed E-state index contributed by atoms with van der Waals surface area (Å²) in [5.74, 6) is 0. The van der Waals surface area contributed by atoms with Crippen molar-refractivity contribution < 1.29 is 13.2 Å². The minimum atomic E-state index is -4.46. The molecule has 0 aromatic heterocycles.